The van der Waals surface area contributed by atoms with Gasteiger partial charge < -0.3 is 10.6 Å². The van der Waals surface area contributed by atoms with E-state index in [2.05, 4.69) is 30.7 Å². The summed E-state index contributed by atoms with van der Waals surface area (Å²) in [5.74, 6) is 0.718. The lowest BCUT2D eigenvalue weighted by atomic mass is 10.3. The van der Waals surface area contributed by atoms with Crippen molar-refractivity contribution in [2.75, 3.05) is 6.54 Å². The van der Waals surface area contributed by atoms with E-state index in [4.69, 9.17) is 5.73 Å². The number of nitrogens with two attached hydrogens (primary N) is 1. The van der Waals surface area contributed by atoms with Crippen molar-refractivity contribution in [3.63, 3.8) is 0 Å². The molecular weight excluding hydrogens is 150 g/mol. The Kier molecular flexibility index (Phi) is 2.95. The molecule has 0 aromatic heterocycles. The molecule has 0 heterocycles. The van der Waals surface area contributed by atoms with Gasteiger partial charge in [0.2, 0.25) is 0 Å². The first-order chi connectivity index (χ1) is 5.65. The van der Waals surface area contributed by atoms with Gasteiger partial charge in [0.25, 0.3) is 0 Å². The number of rotatable bonds is 3. The molecule has 12 heavy (non-hydrogen) atoms. The molecule has 0 aliphatic heterocycles. The van der Waals surface area contributed by atoms with Gasteiger partial charge in [-0.15, -0.1) is 0 Å². The lowest BCUT2D eigenvalue weighted by Crippen LogP contribution is -2.42. The van der Waals surface area contributed by atoms with Gasteiger partial charge in [-0.25, -0.2) is 4.99 Å². The fraction of sp³-hybridized carbons (Fsp3) is 0.889. The molecule has 1 saturated carbocycles. The first kappa shape index (κ1) is 9.36. The second-order valence-corrected chi connectivity index (χ2v) is 3.60. The Labute approximate surface area is 74.6 Å². The Morgan fingerprint density at radius 3 is 2.50 bits per heavy atom. The van der Waals surface area contributed by atoms with Crippen LogP contribution in [0.1, 0.15) is 33.6 Å². The van der Waals surface area contributed by atoms with Gasteiger partial charge in [0.05, 0.1) is 6.04 Å². The van der Waals surface area contributed by atoms with E-state index in [0.29, 0.717) is 12.1 Å². The summed E-state index contributed by atoms with van der Waals surface area (Å²) >= 11 is 0. The van der Waals surface area contributed by atoms with Gasteiger partial charge in [-0.1, -0.05) is 0 Å². The van der Waals surface area contributed by atoms with Crippen molar-refractivity contribution < 1.29 is 0 Å². The molecule has 3 nitrogen and oxygen atoms in total. The molecule has 0 saturated heterocycles. The average molecular weight is 169 g/mol. The van der Waals surface area contributed by atoms with E-state index in [9.17, 15) is 0 Å². The largest absolute Gasteiger partial charge is 0.370 e. The molecule has 0 radical (unpaired) electrons. The highest BCUT2D eigenvalue weighted by molar-refractivity contribution is 5.78. The summed E-state index contributed by atoms with van der Waals surface area (Å²) in [5.41, 5.74) is 5.85. The van der Waals surface area contributed by atoms with Crippen LogP contribution in [0.15, 0.2) is 4.99 Å². The number of hydrogen-bond acceptors (Lipinski definition) is 1. The monoisotopic (exact) mass is 169 g/mol. The first-order valence-electron chi connectivity index (χ1n) is 4.75. The molecule has 0 spiro atoms. The predicted molar refractivity (Wildman–Crippen MR) is 52.2 cm³/mol. The highest BCUT2D eigenvalue weighted by Crippen LogP contribution is 2.23. The highest BCUT2D eigenvalue weighted by atomic mass is 15.3. The van der Waals surface area contributed by atoms with Gasteiger partial charge in [0.1, 0.15) is 0 Å². The highest BCUT2D eigenvalue weighted by Gasteiger charge is 2.22. The van der Waals surface area contributed by atoms with Crippen LogP contribution in [-0.4, -0.2) is 29.5 Å². The molecule has 0 aromatic carbocycles. The van der Waals surface area contributed by atoms with Crippen LogP contribution in [0.25, 0.3) is 0 Å². The minimum atomic E-state index is 0.456. The average Bonchev–Trinajstić information content (AvgIpc) is 2.71. The van der Waals surface area contributed by atoms with Crippen molar-refractivity contribution in [1.82, 2.24) is 4.90 Å². The molecule has 0 bridgehead atoms. The van der Waals surface area contributed by atoms with E-state index in [0.717, 1.165) is 12.5 Å². The summed E-state index contributed by atoms with van der Waals surface area (Å²) in [6, 6.07) is 0.982. The van der Waals surface area contributed by atoms with Crippen molar-refractivity contribution in [2.45, 2.75) is 45.7 Å². The van der Waals surface area contributed by atoms with E-state index in [1.807, 2.05) is 0 Å². The Bertz CT molecular complexity index is 171. The maximum Gasteiger partial charge on any atom is 0.191 e. The third-order valence-electron chi connectivity index (χ3n) is 2.12. The van der Waals surface area contributed by atoms with Crippen LogP contribution in [0.3, 0.4) is 0 Å². The SMILES string of the molecule is CCN(C(N)=NC1CC1)C(C)C. The van der Waals surface area contributed by atoms with Crippen LogP contribution < -0.4 is 5.73 Å². The molecule has 1 rings (SSSR count). The van der Waals surface area contributed by atoms with E-state index >= 15 is 0 Å². The Balaban J connectivity index is 2.50. The Hall–Kier alpha value is -0.730. The number of hydrogen-bond donors (Lipinski definition) is 1. The molecule has 0 amide bonds. The van der Waals surface area contributed by atoms with E-state index in [1.165, 1.54) is 12.8 Å². The minimum Gasteiger partial charge on any atom is -0.370 e. The molecule has 3 heteroatoms. The lowest BCUT2D eigenvalue weighted by molar-refractivity contribution is 0.361. The van der Waals surface area contributed by atoms with Crippen molar-refractivity contribution in [3.8, 4) is 0 Å². The summed E-state index contributed by atoms with van der Waals surface area (Å²) in [5, 5.41) is 0. The quantitative estimate of drug-likeness (QED) is 0.509. The molecule has 70 valence electrons. The van der Waals surface area contributed by atoms with Crippen molar-refractivity contribution in [2.24, 2.45) is 10.7 Å². The van der Waals surface area contributed by atoms with Gasteiger partial charge in [0, 0.05) is 12.6 Å². The van der Waals surface area contributed by atoms with E-state index in [1.54, 1.807) is 0 Å². The number of aliphatic imine (C=N–C) groups is 1. The first-order valence-corrected chi connectivity index (χ1v) is 4.75. The third-order valence-corrected chi connectivity index (χ3v) is 2.12. The van der Waals surface area contributed by atoms with Gasteiger partial charge in [0.15, 0.2) is 5.96 Å². The van der Waals surface area contributed by atoms with Crippen molar-refractivity contribution in [1.29, 1.82) is 0 Å². The van der Waals surface area contributed by atoms with E-state index < -0.39 is 0 Å². The maximum atomic E-state index is 5.85. The summed E-state index contributed by atoms with van der Waals surface area (Å²) < 4.78 is 0. The molecule has 1 fully saturated rings. The smallest absolute Gasteiger partial charge is 0.191 e. The summed E-state index contributed by atoms with van der Waals surface area (Å²) in [6.45, 7) is 7.33. The zero-order valence-corrected chi connectivity index (χ0v) is 8.25. The van der Waals surface area contributed by atoms with Crippen LogP contribution >= 0.6 is 0 Å². The lowest BCUT2D eigenvalue weighted by Gasteiger charge is -2.25. The van der Waals surface area contributed by atoms with Crippen LogP contribution in [-0.2, 0) is 0 Å². The van der Waals surface area contributed by atoms with Gasteiger partial charge >= 0.3 is 0 Å². The van der Waals surface area contributed by atoms with Crippen molar-refractivity contribution >= 4 is 5.96 Å². The molecule has 2 N–H and O–H groups in total. The molecule has 0 unspecified atom stereocenters. The zero-order valence-electron chi connectivity index (χ0n) is 8.25. The molecule has 0 aromatic rings. The normalized spacial score (nSPS) is 18.5. The molecule has 1 aliphatic carbocycles. The van der Waals surface area contributed by atoms with Crippen LogP contribution in [0.5, 0.6) is 0 Å². The second-order valence-electron chi connectivity index (χ2n) is 3.60. The Morgan fingerprint density at radius 1 is 1.58 bits per heavy atom. The fourth-order valence-corrected chi connectivity index (χ4v) is 1.26. The molecular formula is C9H19N3. The van der Waals surface area contributed by atoms with Crippen LogP contribution in [0.4, 0.5) is 0 Å². The topological polar surface area (TPSA) is 41.6 Å². The standard InChI is InChI=1S/C9H19N3/c1-4-12(7(2)3)9(10)11-8-5-6-8/h7-8H,4-6H2,1-3H3,(H2,10,11). The maximum absolute atomic E-state index is 5.85. The number of nitrogens with zero attached hydrogens (tertiary/aromatic N) is 2. The number of guanidine groups is 1. The van der Waals surface area contributed by atoms with Gasteiger partial charge in [-0.3, -0.25) is 0 Å². The van der Waals surface area contributed by atoms with Crippen molar-refractivity contribution in [3.05, 3.63) is 0 Å². The van der Waals surface area contributed by atoms with Crippen LogP contribution in [0, 0.1) is 0 Å². The summed E-state index contributed by atoms with van der Waals surface area (Å²) in [4.78, 5) is 6.52. The minimum absolute atomic E-state index is 0.456. The van der Waals surface area contributed by atoms with E-state index in [-0.39, 0.29) is 0 Å². The molecule has 1 aliphatic rings. The fourth-order valence-electron chi connectivity index (χ4n) is 1.26. The summed E-state index contributed by atoms with van der Waals surface area (Å²) in [7, 11) is 0. The van der Waals surface area contributed by atoms with Gasteiger partial charge in [-0.2, -0.15) is 0 Å². The second kappa shape index (κ2) is 3.78. The third kappa shape index (κ3) is 2.40. The van der Waals surface area contributed by atoms with Gasteiger partial charge in [-0.05, 0) is 33.6 Å². The summed E-state index contributed by atoms with van der Waals surface area (Å²) in [6.07, 6.45) is 2.44. The van der Waals surface area contributed by atoms with Crippen LogP contribution in [0.2, 0.25) is 0 Å². The zero-order chi connectivity index (χ0) is 9.14. The molecule has 0 atom stereocenters. The predicted octanol–water partition coefficient (Wildman–Crippen LogP) is 1.19. The Morgan fingerprint density at radius 2 is 2.17 bits per heavy atom.